The Morgan fingerprint density at radius 1 is 1.62 bits per heavy atom. The second-order valence-corrected chi connectivity index (χ2v) is 4.92. The van der Waals surface area contributed by atoms with Gasteiger partial charge in [0.1, 0.15) is 0 Å². The highest BCUT2D eigenvalue weighted by molar-refractivity contribution is 7.09. The molecule has 1 rings (SSSR count). The van der Waals surface area contributed by atoms with Gasteiger partial charge in [-0.2, -0.15) is 0 Å². The van der Waals surface area contributed by atoms with E-state index in [4.69, 9.17) is 0 Å². The Hall–Kier alpha value is -0.450. The Kier molecular flexibility index (Phi) is 3.41. The summed E-state index contributed by atoms with van der Waals surface area (Å²) >= 11 is 1.64. The summed E-state index contributed by atoms with van der Waals surface area (Å²) in [4.78, 5) is 7.32. The van der Waals surface area contributed by atoms with Crippen LogP contribution in [0.5, 0.6) is 0 Å². The van der Waals surface area contributed by atoms with Gasteiger partial charge in [0.05, 0.1) is 11.1 Å². The first-order valence-corrected chi connectivity index (χ1v) is 5.13. The van der Waals surface area contributed by atoms with Crippen LogP contribution in [0.1, 0.15) is 18.7 Å². The van der Waals surface area contributed by atoms with Crippen molar-refractivity contribution < 1.29 is 5.11 Å². The lowest BCUT2D eigenvalue weighted by molar-refractivity contribution is 0.0427. The Balaban J connectivity index is 2.38. The van der Waals surface area contributed by atoms with Crippen molar-refractivity contribution >= 4 is 11.3 Å². The molecule has 1 aromatic heterocycles. The van der Waals surface area contributed by atoms with Gasteiger partial charge in [0, 0.05) is 24.2 Å². The van der Waals surface area contributed by atoms with E-state index in [1.807, 2.05) is 32.6 Å². The highest BCUT2D eigenvalue weighted by Crippen LogP contribution is 2.10. The van der Waals surface area contributed by atoms with E-state index in [-0.39, 0.29) is 0 Å². The van der Waals surface area contributed by atoms with Crippen LogP contribution < -0.4 is 0 Å². The highest BCUT2D eigenvalue weighted by Gasteiger charge is 2.15. The van der Waals surface area contributed by atoms with Crippen LogP contribution in [0, 0.1) is 0 Å². The van der Waals surface area contributed by atoms with Crippen molar-refractivity contribution in [1.82, 2.24) is 9.88 Å². The van der Waals surface area contributed by atoms with Crippen molar-refractivity contribution in [2.24, 2.45) is 0 Å². The van der Waals surface area contributed by atoms with Gasteiger partial charge >= 0.3 is 0 Å². The molecule has 0 unspecified atom stereocenters. The second kappa shape index (κ2) is 4.17. The summed E-state index contributed by atoms with van der Waals surface area (Å²) in [5, 5.41) is 9.56. The number of thiazole rings is 1. The topological polar surface area (TPSA) is 36.4 Å². The number of hydrogen-bond donors (Lipinski definition) is 1. The van der Waals surface area contributed by atoms with Crippen LogP contribution in [0.25, 0.3) is 0 Å². The van der Waals surface area contributed by atoms with Crippen LogP contribution in [0.2, 0.25) is 0 Å². The molecule has 0 fully saturated rings. The van der Waals surface area contributed by atoms with Gasteiger partial charge in [-0.15, -0.1) is 11.3 Å². The van der Waals surface area contributed by atoms with Crippen molar-refractivity contribution in [3.8, 4) is 0 Å². The molecule has 0 saturated heterocycles. The second-order valence-electron chi connectivity index (χ2n) is 3.95. The molecule has 1 heterocycles. The molecular weight excluding hydrogens is 184 g/mol. The highest BCUT2D eigenvalue weighted by atomic mass is 32.1. The summed E-state index contributed by atoms with van der Waals surface area (Å²) in [5.41, 5.74) is 1.20. The molecular formula is C9H16N2OS. The van der Waals surface area contributed by atoms with E-state index < -0.39 is 5.60 Å². The Labute approximate surface area is 83.0 Å². The number of hydrogen-bond acceptors (Lipinski definition) is 4. The van der Waals surface area contributed by atoms with Crippen molar-refractivity contribution in [3.05, 3.63) is 16.6 Å². The lowest BCUT2D eigenvalue weighted by Gasteiger charge is -2.24. The van der Waals surface area contributed by atoms with E-state index in [9.17, 15) is 5.11 Å². The zero-order valence-electron chi connectivity index (χ0n) is 8.32. The van der Waals surface area contributed by atoms with Gasteiger partial charge in [0.25, 0.3) is 0 Å². The van der Waals surface area contributed by atoms with E-state index in [0.717, 1.165) is 6.54 Å². The lowest BCUT2D eigenvalue weighted by Crippen LogP contribution is -2.35. The summed E-state index contributed by atoms with van der Waals surface area (Å²) in [5.74, 6) is 0. The molecule has 1 aromatic rings. The fraction of sp³-hybridized carbons (Fsp3) is 0.667. The molecule has 0 atom stereocenters. The first-order valence-electron chi connectivity index (χ1n) is 4.26. The largest absolute Gasteiger partial charge is 0.389 e. The van der Waals surface area contributed by atoms with Crippen molar-refractivity contribution in [1.29, 1.82) is 0 Å². The third-order valence-electron chi connectivity index (χ3n) is 1.57. The predicted octanol–water partition coefficient (Wildman–Crippen LogP) is 1.35. The van der Waals surface area contributed by atoms with Crippen LogP contribution >= 0.6 is 11.3 Å². The minimum Gasteiger partial charge on any atom is -0.389 e. The third-order valence-corrected chi connectivity index (χ3v) is 2.33. The fourth-order valence-electron chi connectivity index (χ4n) is 1.30. The quantitative estimate of drug-likeness (QED) is 0.797. The smallest absolute Gasteiger partial charge is 0.0794 e. The standard InChI is InChI=1S/C9H16N2OS/c1-9(2,12)6-11(3)5-8-4-10-7-13-8/h4,7,12H,5-6H2,1-3H3. The molecule has 0 spiro atoms. The van der Waals surface area contributed by atoms with Crippen molar-refractivity contribution in [3.63, 3.8) is 0 Å². The first kappa shape index (κ1) is 10.6. The average Bonchev–Trinajstić information content (AvgIpc) is 2.34. The molecule has 4 heteroatoms. The number of likely N-dealkylation sites (N-methyl/N-ethyl adjacent to an activating group) is 1. The summed E-state index contributed by atoms with van der Waals surface area (Å²) in [6, 6.07) is 0. The lowest BCUT2D eigenvalue weighted by atomic mass is 10.1. The van der Waals surface area contributed by atoms with Gasteiger partial charge in [0.15, 0.2) is 0 Å². The van der Waals surface area contributed by atoms with E-state index in [2.05, 4.69) is 9.88 Å². The normalized spacial score (nSPS) is 12.4. The summed E-state index contributed by atoms with van der Waals surface area (Å²) < 4.78 is 0. The predicted molar refractivity (Wildman–Crippen MR) is 54.7 cm³/mol. The molecule has 0 aliphatic carbocycles. The first-order chi connectivity index (χ1) is 5.97. The number of nitrogens with zero attached hydrogens (tertiary/aromatic N) is 2. The van der Waals surface area contributed by atoms with Crippen molar-refractivity contribution in [2.45, 2.75) is 26.0 Å². The van der Waals surface area contributed by atoms with Gasteiger partial charge in [-0.3, -0.25) is 9.88 Å². The SMILES string of the molecule is CN(Cc1cncs1)CC(C)(C)O. The molecule has 0 saturated carbocycles. The Morgan fingerprint density at radius 3 is 2.77 bits per heavy atom. The minimum atomic E-state index is -0.626. The maximum atomic E-state index is 9.56. The molecule has 74 valence electrons. The van der Waals surface area contributed by atoms with E-state index in [1.165, 1.54) is 4.88 Å². The molecule has 0 aromatic carbocycles. The number of aromatic nitrogens is 1. The van der Waals surface area contributed by atoms with Gasteiger partial charge in [-0.05, 0) is 20.9 Å². The van der Waals surface area contributed by atoms with Crippen LogP contribution in [0.4, 0.5) is 0 Å². The molecule has 3 nitrogen and oxygen atoms in total. The molecule has 0 aliphatic rings. The van der Waals surface area contributed by atoms with Gasteiger partial charge < -0.3 is 5.11 Å². The molecule has 0 bridgehead atoms. The molecule has 13 heavy (non-hydrogen) atoms. The summed E-state index contributed by atoms with van der Waals surface area (Å²) in [7, 11) is 2.00. The van der Waals surface area contributed by atoms with Crippen LogP contribution in [0.15, 0.2) is 11.7 Å². The summed E-state index contributed by atoms with van der Waals surface area (Å²) in [6.45, 7) is 5.16. The maximum absolute atomic E-state index is 9.56. The summed E-state index contributed by atoms with van der Waals surface area (Å²) in [6.07, 6.45) is 1.87. The zero-order valence-corrected chi connectivity index (χ0v) is 9.14. The minimum absolute atomic E-state index is 0.626. The van der Waals surface area contributed by atoms with Crippen LogP contribution in [-0.2, 0) is 6.54 Å². The van der Waals surface area contributed by atoms with Crippen molar-refractivity contribution in [2.75, 3.05) is 13.6 Å². The van der Waals surface area contributed by atoms with E-state index in [1.54, 1.807) is 11.3 Å². The maximum Gasteiger partial charge on any atom is 0.0794 e. The zero-order chi connectivity index (χ0) is 9.90. The van der Waals surface area contributed by atoms with Crippen LogP contribution in [0.3, 0.4) is 0 Å². The molecule has 0 amide bonds. The van der Waals surface area contributed by atoms with Crippen LogP contribution in [-0.4, -0.2) is 34.2 Å². The molecule has 1 N–H and O–H groups in total. The van der Waals surface area contributed by atoms with Gasteiger partial charge in [0.2, 0.25) is 0 Å². The Bertz CT molecular complexity index is 241. The average molecular weight is 200 g/mol. The number of rotatable bonds is 4. The van der Waals surface area contributed by atoms with Gasteiger partial charge in [-0.25, -0.2) is 0 Å². The monoisotopic (exact) mass is 200 g/mol. The van der Waals surface area contributed by atoms with E-state index >= 15 is 0 Å². The van der Waals surface area contributed by atoms with E-state index in [0.29, 0.717) is 6.54 Å². The third kappa shape index (κ3) is 4.36. The number of aliphatic hydroxyl groups is 1. The fourth-order valence-corrected chi connectivity index (χ4v) is 1.98. The Morgan fingerprint density at radius 2 is 2.31 bits per heavy atom. The molecule has 0 radical (unpaired) electrons. The molecule has 0 aliphatic heterocycles. The van der Waals surface area contributed by atoms with Gasteiger partial charge in [-0.1, -0.05) is 0 Å².